The summed E-state index contributed by atoms with van der Waals surface area (Å²) in [4.78, 5) is 24.9. The Balaban J connectivity index is 1.67. The fourth-order valence-corrected chi connectivity index (χ4v) is 3.84. The first-order valence-corrected chi connectivity index (χ1v) is 10.5. The summed E-state index contributed by atoms with van der Waals surface area (Å²) < 4.78 is 5.38. The molecule has 9 heteroatoms. The second kappa shape index (κ2) is 10.8. The highest BCUT2D eigenvalue weighted by Gasteiger charge is 2.21. The highest BCUT2D eigenvalue weighted by atomic mass is 35.5. The van der Waals surface area contributed by atoms with E-state index in [4.69, 9.17) is 16.3 Å². The minimum Gasteiger partial charge on any atom is -0.484 e. The number of benzene rings is 2. The van der Waals surface area contributed by atoms with E-state index < -0.39 is 10.8 Å². The van der Waals surface area contributed by atoms with Crippen LogP contribution in [-0.4, -0.2) is 36.7 Å². The number of hydrazone groups is 1. The van der Waals surface area contributed by atoms with Crippen molar-refractivity contribution in [2.24, 2.45) is 5.10 Å². The molecule has 0 aliphatic heterocycles. The summed E-state index contributed by atoms with van der Waals surface area (Å²) in [5.74, 6) is 0.0190. The number of carbonyl (C=O) groups excluding carboxylic acids is 1. The van der Waals surface area contributed by atoms with Crippen molar-refractivity contribution in [1.82, 2.24) is 5.43 Å². The van der Waals surface area contributed by atoms with Crippen molar-refractivity contribution in [3.63, 3.8) is 0 Å². The number of halogens is 1. The van der Waals surface area contributed by atoms with E-state index in [1.165, 1.54) is 37.6 Å². The summed E-state index contributed by atoms with van der Waals surface area (Å²) in [7, 11) is 1.99. The zero-order valence-corrected chi connectivity index (χ0v) is 18.0. The van der Waals surface area contributed by atoms with Crippen LogP contribution < -0.4 is 15.1 Å². The molecule has 2 aromatic rings. The lowest BCUT2D eigenvalue weighted by Gasteiger charge is -2.33. The van der Waals surface area contributed by atoms with E-state index in [0.717, 1.165) is 18.5 Å². The van der Waals surface area contributed by atoms with Crippen LogP contribution in [0.15, 0.2) is 47.6 Å². The van der Waals surface area contributed by atoms with Gasteiger partial charge in [-0.25, -0.2) is 5.43 Å². The van der Waals surface area contributed by atoms with Gasteiger partial charge >= 0.3 is 0 Å². The number of amides is 1. The lowest BCUT2D eigenvalue weighted by Crippen LogP contribution is -2.34. The van der Waals surface area contributed by atoms with Gasteiger partial charge in [-0.1, -0.05) is 36.9 Å². The van der Waals surface area contributed by atoms with Gasteiger partial charge in [0.2, 0.25) is 0 Å². The van der Waals surface area contributed by atoms with Crippen molar-refractivity contribution in [2.45, 2.75) is 38.1 Å². The van der Waals surface area contributed by atoms with Gasteiger partial charge in [-0.3, -0.25) is 14.9 Å². The van der Waals surface area contributed by atoms with Gasteiger partial charge in [0.05, 0.1) is 11.1 Å². The normalized spacial score (nSPS) is 14.4. The molecular weight excluding hydrogens is 420 g/mol. The summed E-state index contributed by atoms with van der Waals surface area (Å²) >= 11 is 5.89. The van der Waals surface area contributed by atoms with E-state index in [1.807, 2.05) is 7.05 Å². The summed E-state index contributed by atoms with van der Waals surface area (Å²) in [5, 5.41) is 15.7. The van der Waals surface area contributed by atoms with Crippen LogP contribution in [-0.2, 0) is 4.79 Å². The molecule has 0 spiro atoms. The van der Waals surface area contributed by atoms with E-state index in [0.29, 0.717) is 22.4 Å². The number of anilines is 1. The van der Waals surface area contributed by atoms with Gasteiger partial charge in [-0.15, -0.1) is 0 Å². The fraction of sp³-hybridized carbons (Fsp3) is 0.364. The average Bonchev–Trinajstić information content (AvgIpc) is 2.78. The standard InChI is InChI=1S/C22H25ClN4O4/c1-26(18-7-3-2-4-8-18)21-11-10-19(27(29)30)12-16(21)14-24-25-22(28)15-31-20-9-5-6-17(23)13-20/h5-6,9-14,18H,2-4,7-8,15H2,1H3,(H,25,28)/b24-14+. The molecule has 1 fully saturated rings. The fourth-order valence-electron chi connectivity index (χ4n) is 3.66. The molecule has 31 heavy (non-hydrogen) atoms. The van der Waals surface area contributed by atoms with E-state index in [1.54, 1.807) is 30.3 Å². The van der Waals surface area contributed by atoms with E-state index >= 15 is 0 Å². The first-order chi connectivity index (χ1) is 14.9. The largest absolute Gasteiger partial charge is 0.484 e. The molecule has 3 rings (SSSR count). The van der Waals surface area contributed by atoms with Crippen molar-refractivity contribution in [2.75, 3.05) is 18.6 Å². The van der Waals surface area contributed by atoms with Gasteiger partial charge in [0, 0.05) is 41.5 Å². The Labute approximate surface area is 186 Å². The van der Waals surface area contributed by atoms with Gasteiger partial charge in [0.15, 0.2) is 6.61 Å². The SMILES string of the molecule is CN(c1ccc([N+](=O)[O-])cc1/C=N/NC(=O)COc1cccc(Cl)c1)C1CCCCC1. The van der Waals surface area contributed by atoms with Gasteiger partial charge < -0.3 is 9.64 Å². The zero-order chi connectivity index (χ0) is 22.2. The number of nitro benzene ring substituents is 1. The van der Waals surface area contributed by atoms with Crippen molar-refractivity contribution in [1.29, 1.82) is 0 Å². The molecule has 1 amide bonds. The van der Waals surface area contributed by atoms with Crippen molar-refractivity contribution in [3.8, 4) is 5.75 Å². The molecule has 0 aromatic heterocycles. The maximum Gasteiger partial charge on any atom is 0.277 e. The molecule has 164 valence electrons. The number of ether oxygens (including phenoxy) is 1. The van der Waals surface area contributed by atoms with Gasteiger partial charge in [-0.05, 0) is 37.1 Å². The third kappa shape index (κ3) is 6.42. The summed E-state index contributed by atoms with van der Waals surface area (Å²) in [6, 6.07) is 11.8. The van der Waals surface area contributed by atoms with Crippen LogP contribution in [0.3, 0.4) is 0 Å². The number of nitrogens with zero attached hydrogens (tertiary/aromatic N) is 3. The minimum absolute atomic E-state index is 0.0298. The highest BCUT2D eigenvalue weighted by molar-refractivity contribution is 6.30. The lowest BCUT2D eigenvalue weighted by molar-refractivity contribution is -0.384. The second-order valence-electron chi connectivity index (χ2n) is 7.44. The Morgan fingerprint density at radius 2 is 2.06 bits per heavy atom. The van der Waals surface area contributed by atoms with Crippen LogP contribution in [0.1, 0.15) is 37.7 Å². The van der Waals surface area contributed by atoms with Crippen molar-refractivity contribution in [3.05, 3.63) is 63.2 Å². The third-order valence-corrected chi connectivity index (χ3v) is 5.52. The van der Waals surface area contributed by atoms with E-state index in [9.17, 15) is 14.9 Å². The quantitative estimate of drug-likeness (QED) is 0.366. The predicted octanol–water partition coefficient (Wildman–Crippen LogP) is 4.55. The second-order valence-corrected chi connectivity index (χ2v) is 7.88. The van der Waals surface area contributed by atoms with Gasteiger partial charge in [0.25, 0.3) is 11.6 Å². The van der Waals surface area contributed by atoms with Crippen LogP contribution in [0, 0.1) is 10.1 Å². The molecular formula is C22H25ClN4O4. The van der Waals surface area contributed by atoms with Crippen molar-refractivity contribution < 1.29 is 14.5 Å². The Morgan fingerprint density at radius 1 is 1.29 bits per heavy atom. The molecule has 0 radical (unpaired) electrons. The Hall–Kier alpha value is -3.13. The monoisotopic (exact) mass is 444 g/mol. The molecule has 0 saturated heterocycles. The number of carbonyl (C=O) groups is 1. The molecule has 0 atom stereocenters. The molecule has 2 aromatic carbocycles. The molecule has 1 saturated carbocycles. The zero-order valence-electron chi connectivity index (χ0n) is 17.3. The highest BCUT2D eigenvalue weighted by Crippen LogP contribution is 2.30. The molecule has 1 aliphatic carbocycles. The Kier molecular flexibility index (Phi) is 7.83. The summed E-state index contributed by atoms with van der Waals surface area (Å²) in [6.45, 7) is -0.235. The van der Waals surface area contributed by atoms with Crippen LogP contribution in [0.25, 0.3) is 0 Å². The van der Waals surface area contributed by atoms with E-state index in [2.05, 4.69) is 15.4 Å². The van der Waals surface area contributed by atoms with Crippen LogP contribution in [0.5, 0.6) is 5.75 Å². The smallest absolute Gasteiger partial charge is 0.277 e. The molecule has 0 unspecified atom stereocenters. The first-order valence-electron chi connectivity index (χ1n) is 10.2. The first kappa shape index (κ1) is 22.6. The third-order valence-electron chi connectivity index (χ3n) is 5.28. The Morgan fingerprint density at radius 3 is 2.77 bits per heavy atom. The molecule has 1 aliphatic rings. The predicted molar refractivity (Wildman–Crippen MR) is 121 cm³/mol. The average molecular weight is 445 g/mol. The summed E-state index contributed by atoms with van der Waals surface area (Å²) in [6.07, 6.45) is 7.19. The number of non-ortho nitro benzene ring substituents is 1. The molecule has 1 N–H and O–H groups in total. The number of hydrogen-bond acceptors (Lipinski definition) is 6. The van der Waals surface area contributed by atoms with Crippen LogP contribution in [0.2, 0.25) is 5.02 Å². The molecule has 0 bridgehead atoms. The number of hydrogen-bond donors (Lipinski definition) is 1. The maximum absolute atomic E-state index is 12.0. The summed E-state index contributed by atoms with van der Waals surface area (Å²) in [5.41, 5.74) is 3.77. The van der Waals surface area contributed by atoms with Crippen LogP contribution >= 0.6 is 11.6 Å². The van der Waals surface area contributed by atoms with Crippen molar-refractivity contribution >= 4 is 35.1 Å². The minimum atomic E-state index is -0.455. The molecule has 0 heterocycles. The van der Waals surface area contributed by atoms with Crippen LogP contribution in [0.4, 0.5) is 11.4 Å². The van der Waals surface area contributed by atoms with Gasteiger partial charge in [-0.2, -0.15) is 5.10 Å². The number of nitro groups is 1. The number of rotatable bonds is 8. The number of nitrogens with one attached hydrogen (secondary N) is 1. The Bertz CT molecular complexity index is 960. The van der Waals surface area contributed by atoms with E-state index in [-0.39, 0.29) is 12.3 Å². The maximum atomic E-state index is 12.0. The molecule has 8 nitrogen and oxygen atoms in total. The topological polar surface area (TPSA) is 97.1 Å². The lowest BCUT2D eigenvalue weighted by atomic mass is 9.94. The van der Waals surface area contributed by atoms with Gasteiger partial charge in [0.1, 0.15) is 5.75 Å².